The molecule has 0 spiro atoms. The van der Waals surface area contributed by atoms with E-state index in [1.807, 2.05) is 24.3 Å². The summed E-state index contributed by atoms with van der Waals surface area (Å²) in [5, 5.41) is 11.9. The Morgan fingerprint density at radius 3 is 2.40 bits per heavy atom. The van der Waals surface area contributed by atoms with E-state index in [-0.39, 0.29) is 17.8 Å². The molecule has 2 aromatic rings. The summed E-state index contributed by atoms with van der Waals surface area (Å²) in [7, 11) is 0. The fourth-order valence-electron chi connectivity index (χ4n) is 2.43. The number of nitrogens with zero attached hydrogens (tertiary/aromatic N) is 6. The molecular weight excluding hydrogens is 392 g/mol. The third kappa shape index (κ3) is 3.95. The number of hydrogen-bond acceptors (Lipinski definition) is 6. The molecule has 0 aliphatic carbocycles. The molecule has 1 fully saturated rings. The molecule has 0 bridgehead atoms. The van der Waals surface area contributed by atoms with Crippen LogP contribution < -0.4 is 0 Å². The minimum atomic E-state index is -0.353. The number of carbonyl (C=O) groups is 2. The maximum Gasteiger partial charge on any atom is 0.409 e. The van der Waals surface area contributed by atoms with Crippen LogP contribution in [0.4, 0.5) is 4.79 Å². The van der Waals surface area contributed by atoms with E-state index in [4.69, 9.17) is 4.74 Å². The molecule has 3 rings (SSSR count). The molecule has 25 heavy (non-hydrogen) atoms. The largest absolute Gasteiger partial charge is 0.450 e. The summed E-state index contributed by atoms with van der Waals surface area (Å²) in [5.41, 5.74) is 0.710. The van der Waals surface area contributed by atoms with Gasteiger partial charge >= 0.3 is 6.09 Å². The average molecular weight is 409 g/mol. The predicted octanol–water partition coefficient (Wildman–Crippen LogP) is 1.34. The standard InChI is InChI=1S/C15H17BrN6O3/c1-2-25-15(24)21-9-7-20(8-10-21)14(23)13-17-19-22(18-13)12-5-3-11(16)4-6-12/h3-6H,2,7-10H2,1H3. The van der Waals surface area contributed by atoms with Gasteiger partial charge in [0.15, 0.2) is 0 Å². The number of benzene rings is 1. The molecule has 1 aromatic heterocycles. The maximum atomic E-state index is 12.5. The minimum absolute atomic E-state index is 0.0347. The lowest BCUT2D eigenvalue weighted by atomic mass is 10.3. The zero-order valence-electron chi connectivity index (χ0n) is 13.6. The summed E-state index contributed by atoms with van der Waals surface area (Å²) < 4.78 is 5.90. The quantitative estimate of drug-likeness (QED) is 0.760. The SMILES string of the molecule is CCOC(=O)N1CCN(C(=O)c2nnn(-c3ccc(Br)cc3)n2)CC1. The van der Waals surface area contributed by atoms with Crippen LogP contribution >= 0.6 is 15.9 Å². The molecule has 0 N–H and O–H groups in total. The van der Waals surface area contributed by atoms with Crippen molar-refractivity contribution in [1.29, 1.82) is 0 Å². The van der Waals surface area contributed by atoms with Crippen LogP contribution in [0.2, 0.25) is 0 Å². The zero-order valence-corrected chi connectivity index (χ0v) is 15.2. The predicted molar refractivity (Wildman–Crippen MR) is 91.4 cm³/mol. The lowest BCUT2D eigenvalue weighted by Gasteiger charge is -2.33. The Labute approximate surface area is 152 Å². The number of ether oxygens (including phenoxy) is 1. The van der Waals surface area contributed by atoms with E-state index in [0.717, 1.165) is 4.47 Å². The second kappa shape index (κ2) is 7.60. The topological polar surface area (TPSA) is 93.5 Å². The molecule has 1 aliphatic heterocycles. The first-order valence-corrected chi connectivity index (χ1v) is 8.64. The number of halogens is 1. The maximum absolute atomic E-state index is 12.5. The number of tetrazole rings is 1. The van der Waals surface area contributed by atoms with Crippen LogP contribution in [-0.4, -0.2) is 74.8 Å². The lowest BCUT2D eigenvalue weighted by Crippen LogP contribution is -2.51. The van der Waals surface area contributed by atoms with Crippen LogP contribution in [0.25, 0.3) is 5.69 Å². The van der Waals surface area contributed by atoms with E-state index in [9.17, 15) is 9.59 Å². The molecule has 132 valence electrons. The highest BCUT2D eigenvalue weighted by Gasteiger charge is 2.27. The van der Waals surface area contributed by atoms with Crippen molar-refractivity contribution < 1.29 is 14.3 Å². The molecule has 1 aliphatic rings. The highest BCUT2D eigenvalue weighted by Crippen LogP contribution is 2.13. The Hall–Kier alpha value is -2.49. The average Bonchev–Trinajstić information content (AvgIpc) is 3.12. The number of aromatic nitrogens is 4. The van der Waals surface area contributed by atoms with Crippen molar-refractivity contribution >= 4 is 27.9 Å². The molecule has 2 heterocycles. The summed E-state index contributed by atoms with van der Waals surface area (Å²) in [4.78, 5) is 28.7. The molecule has 1 aromatic carbocycles. The summed E-state index contributed by atoms with van der Waals surface area (Å²) in [5.74, 6) is -0.264. The van der Waals surface area contributed by atoms with Gasteiger partial charge in [-0.25, -0.2) is 4.79 Å². The Balaban J connectivity index is 1.63. The van der Waals surface area contributed by atoms with E-state index in [0.29, 0.717) is 38.5 Å². The molecule has 0 atom stereocenters. The third-order valence-corrected chi connectivity index (χ3v) is 4.28. The first kappa shape index (κ1) is 17.3. The monoisotopic (exact) mass is 408 g/mol. The van der Waals surface area contributed by atoms with E-state index in [1.54, 1.807) is 16.7 Å². The molecule has 2 amide bonds. The van der Waals surface area contributed by atoms with Crippen LogP contribution in [0.15, 0.2) is 28.7 Å². The van der Waals surface area contributed by atoms with Gasteiger partial charge in [-0.05, 0) is 36.4 Å². The van der Waals surface area contributed by atoms with E-state index in [1.165, 1.54) is 4.80 Å². The summed E-state index contributed by atoms with van der Waals surface area (Å²) in [6.45, 7) is 3.75. The van der Waals surface area contributed by atoms with Gasteiger partial charge in [0, 0.05) is 30.7 Å². The Kier molecular flexibility index (Phi) is 5.27. The highest BCUT2D eigenvalue weighted by atomic mass is 79.9. The number of hydrogen-bond donors (Lipinski definition) is 0. The van der Waals surface area contributed by atoms with Crippen LogP contribution in [-0.2, 0) is 4.74 Å². The van der Waals surface area contributed by atoms with Crippen molar-refractivity contribution in [3.8, 4) is 5.69 Å². The summed E-state index contributed by atoms with van der Waals surface area (Å²) in [6, 6.07) is 7.35. The van der Waals surface area contributed by atoms with Crippen LogP contribution in [0.5, 0.6) is 0 Å². The van der Waals surface area contributed by atoms with E-state index >= 15 is 0 Å². The normalized spacial score (nSPS) is 14.5. The number of carbonyl (C=O) groups excluding carboxylic acids is 2. The smallest absolute Gasteiger partial charge is 0.409 e. The number of rotatable bonds is 3. The molecular formula is C15H17BrN6O3. The van der Waals surface area contributed by atoms with Crippen molar-refractivity contribution in [2.75, 3.05) is 32.8 Å². The molecule has 9 nitrogen and oxygen atoms in total. The van der Waals surface area contributed by atoms with Gasteiger partial charge in [-0.15, -0.1) is 15.0 Å². The van der Waals surface area contributed by atoms with Crippen molar-refractivity contribution in [3.63, 3.8) is 0 Å². The fourth-order valence-corrected chi connectivity index (χ4v) is 2.70. The first-order chi connectivity index (χ1) is 12.1. The minimum Gasteiger partial charge on any atom is -0.450 e. The third-order valence-electron chi connectivity index (χ3n) is 3.76. The molecule has 1 saturated heterocycles. The molecule has 0 radical (unpaired) electrons. The van der Waals surface area contributed by atoms with Crippen LogP contribution in [0.1, 0.15) is 17.5 Å². The van der Waals surface area contributed by atoms with Gasteiger partial charge in [-0.3, -0.25) is 4.79 Å². The second-order valence-corrected chi connectivity index (χ2v) is 6.27. The van der Waals surface area contributed by atoms with Crippen molar-refractivity contribution in [2.45, 2.75) is 6.92 Å². The first-order valence-electron chi connectivity index (χ1n) is 7.85. The van der Waals surface area contributed by atoms with Gasteiger partial charge in [-0.1, -0.05) is 15.9 Å². The fraction of sp³-hybridized carbons (Fsp3) is 0.400. The van der Waals surface area contributed by atoms with Gasteiger partial charge in [0.05, 0.1) is 12.3 Å². The lowest BCUT2D eigenvalue weighted by molar-refractivity contribution is 0.0561. The highest BCUT2D eigenvalue weighted by molar-refractivity contribution is 9.10. The molecule has 0 unspecified atom stereocenters. The molecule has 10 heteroatoms. The van der Waals surface area contributed by atoms with Gasteiger partial charge in [0.2, 0.25) is 0 Å². The van der Waals surface area contributed by atoms with E-state index in [2.05, 4.69) is 31.3 Å². The number of amides is 2. The Morgan fingerprint density at radius 1 is 1.12 bits per heavy atom. The van der Waals surface area contributed by atoms with Gasteiger partial charge in [-0.2, -0.15) is 0 Å². The Bertz CT molecular complexity index is 755. The summed E-state index contributed by atoms with van der Waals surface area (Å²) in [6.07, 6.45) is -0.353. The van der Waals surface area contributed by atoms with E-state index < -0.39 is 0 Å². The summed E-state index contributed by atoms with van der Waals surface area (Å²) >= 11 is 3.36. The zero-order chi connectivity index (χ0) is 17.8. The molecule has 0 saturated carbocycles. The Morgan fingerprint density at radius 2 is 1.76 bits per heavy atom. The van der Waals surface area contributed by atoms with Crippen molar-refractivity contribution in [1.82, 2.24) is 30.0 Å². The number of piperazine rings is 1. The van der Waals surface area contributed by atoms with Gasteiger partial charge in [0.1, 0.15) is 0 Å². The van der Waals surface area contributed by atoms with Gasteiger partial charge < -0.3 is 14.5 Å². The van der Waals surface area contributed by atoms with Gasteiger partial charge in [0.25, 0.3) is 11.7 Å². The van der Waals surface area contributed by atoms with Crippen molar-refractivity contribution in [3.05, 3.63) is 34.6 Å². The van der Waals surface area contributed by atoms with Crippen LogP contribution in [0.3, 0.4) is 0 Å². The van der Waals surface area contributed by atoms with Crippen molar-refractivity contribution in [2.24, 2.45) is 0 Å². The second-order valence-electron chi connectivity index (χ2n) is 5.36. The van der Waals surface area contributed by atoms with Crippen LogP contribution in [0, 0.1) is 0 Å².